The first-order chi connectivity index (χ1) is 9.06. The van der Waals surface area contributed by atoms with Crippen molar-refractivity contribution < 1.29 is 14.6 Å². The van der Waals surface area contributed by atoms with E-state index in [0.29, 0.717) is 13.0 Å². The minimum absolute atomic E-state index is 0.0560. The predicted molar refractivity (Wildman–Crippen MR) is 73.9 cm³/mol. The van der Waals surface area contributed by atoms with Crippen molar-refractivity contribution in [3.8, 4) is 5.75 Å². The van der Waals surface area contributed by atoms with E-state index in [4.69, 9.17) is 4.74 Å². The maximum atomic E-state index is 12.0. The van der Waals surface area contributed by atoms with Crippen LogP contribution in [0.15, 0.2) is 24.3 Å². The topological polar surface area (TPSA) is 70.6 Å². The summed E-state index contributed by atoms with van der Waals surface area (Å²) >= 11 is 0. The Morgan fingerprint density at radius 2 is 2.00 bits per heavy atom. The molecule has 0 aliphatic rings. The lowest BCUT2D eigenvalue weighted by atomic mass is 10.0. The zero-order chi connectivity index (χ0) is 14.3. The van der Waals surface area contributed by atoms with Gasteiger partial charge in [-0.25, -0.2) is 0 Å². The normalized spacial score (nSPS) is 13.8. The number of carbonyl (C=O) groups excluding carboxylic acids is 1. The van der Waals surface area contributed by atoms with Crippen molar-refractivity contribution in [3.63, 3.8) is 0 Å². The number of aromatic hydroxyl groups is 1. The number of amides is 1. The van der Waals surface area contributed by atoms with Gasteiger partial charge in [-0.15, -0.1) is 0 Å². The summed E-state index contributed by atoms with van der Waals surface area (Å²) in [7, 11) is 1.59. The quantitative estimate of drug-likeness (QED) is 0.644. The van der Waals surface area contributed by atoms with Crippen molar-refractivity contribution in [3.05, 3.63) is 29.8 Å². The molecule has 0 aliphatic carbocycles. The number of carbonyl (C=O) groups is 1. The van der Waals surface area contributed by atoms with E-state index in [9.17, 15) is 9.90 Å². The third kappa shape index (κ3) is 5.28. The second-order valence-electron chi connectivity index (χ2n) is 4.36. The summed E-state index contributed by atoms with van der Waals surface area (Å²) in [6.45, 7) is 4.33. The summed E-state index contributed by atoms with van der Waals surface area (Å²) in [4.78, 5) is 12.0. The van der Waals surface area contributed by atoms with Crippen molar-refractivity contribution in [1.29, 1.82) is 0 Å². The van der Waals surface area contributed by atoms with Crippen molar-refractivity contribution in [2.24, 2.45) is 0 Å². The van der Waals surface area contributed by atoms with E-state index >= 15 is 0 Å². The summed E-state index contributed by atoms with van der Waals surface area (Å²) in [5, 5.41) is 15.2. The van der Waals surface area contributed by atoms with Gasteiger partial charge in [0.2, 0.25) is 5.91 Å². The van der Waals surface area contributed by atoms with Crippen LogP contribution in [0.5, 0.6) is 5.75 Å². The van der Waals surface area contributed by atoms with Gasteiger partial charge in [-0.1, -0.05) is 12.1 Å². The zero-order valence-electron chi connectivity index (χ0n) is 11.6. The van der Waals surface area contributed by atoms with Crippen molar-refractivity contribution in [1.82, 2.24) is 10.6 Å². The van der Waals surface area contributed by atoms with Gasteiger partial charge in [-0.2, -0.15) is 0 Å². The SMILES string of the molecule is CCNC(=O)C(Cc1ccc(O)cc1)NC(C)OC. The van der Waals surface area contributed by atoms with Crippen molar-refractivity contribution in [2.45, 2.75) is 32.5 Å². The van der Waals surface area contributed by atoms with E-state index in [-0.39, 0.29) is 23.9 Å². The minimum Gasteiger partial charge on any atom is -0.508 e. The summed E-state index contributed by atoms with van der Waals surface area (Å²) < 4.78 is 5.13. The highest BCUT2D eigenvalue weighted by Gasteiger charge is 2.20. The van der Waals surface area contributed by atoms with Crippen LogP contribution >= 0.6 is 0 Å². The monoisotopic (exact) mass is 266 g/mol. The number of hydrogen-bond donors (Lipinski definition) is 3. The number of rotatable bonds is 7. The number of phenols is 1. The number of benzene rings is 1. The Kier molecular flexibility index (Phi) is 6.32. The molecule has 5 heteroatoms. The minimum atomic E-state index is -0.362. The molecule has 0 radical (unpaired) electrons. The van der Waals surface area contributed by atoms with Gasteiger partial charge in [-0.3, -0.25) is 10.1 Å². The van der Waals surface area contributed by atoms with Gasteiger partial charge in [0, 0.05) is 13.7 Å². The highest BCUT2D eigenvalue weighted by Crippen LogP contribution is 2.11. The van der Waals surface area contributed by atoms with E-state index in [1.807, 2.05) is 13.8 Å². The molecule has 1 aromatic rings. The summed E-state index contributed by atoms with van der Waals surface area (Å²) in [5.41, 5.74) is 0.977. The number of likely N-dealkylation sites (N-methyl/N-ethyl adjacent to an activating group) is 1. The largest absolute Gasteiger partial charge is 0.508 e. The number of hydrogen-bond acceptors (Lipinski definition) is 4. The van der Waals surface area contributed by atoms with E-state index in [1.165, 1.54) is 0 Å². The van der Waals surface area contributed by atoms with Crippen LogP contribution in [-0.2, 0) is 16.0 Å². The fraction of sp³-hybridized carbons (Fsp3) is 0.500. The van der Waals surface area contributed by atoms with E-state index in [1.54, 1.807) is 31.4 Å². The van der Waals surface area contributed by atoms with E-state index in [0.717, 1.165) is 5.56 Å². The molecule has 2 unspecified atom stereocenters. The average Bonchev–Trinajstić information content (AvgIpc) is 2.40. The molecular formula is C14H22N2O3. The Morgan fingerprint density at radius 1 is 1.37 bits per heavy atom. The van der Waals surface area contributed by atoms with E-state index in [2.05, 4.69) is 10.6 Å². The van der Waals surface area contributed by atoms with Crippen LogP contribution in [0.4, 0.5) is 0 Å². The van der Waals surface area contributed by atoms with Gasteiger partial charge in [0.15, 0.2) is 0 Å². The smallest absolute Gasteiger partial charge is 0.237 e. The molecule has 0 saturated heterocycles. The van der Waals surface area contributed by atoms with E-state index < -0.39 is 0 Å². The Hall–Kier alpha value is -1.59. The van der Waals surface area contributed by atoms with Crippen LogP contribution in [-0.4, -0.2) is 36.9 Å². The lowest BCUT2D eigenvalue weighted by Crippen LogP contribution is -2.49. The first-order valence-electron chi connectivity index (χ1n) is 6.41. The third-order valence-corrected chi connectivity index (χ3v) is 2.83. The number of methoxy groups -OCH3 is 1. The first kappa shape index (κ1) is 15.5. The van der Waals surface area contributed by atoms with Crippen molar-refractivity contribution >= 4 is 5.91 Å². The van der Waals surface area contributed by atoms with Crippen LogP contribution in [0.2, 0.25) is 0 Å². The molecule has 3 N–H and O–H groups in total. The van der Waals surface area contributed by atoms with Gasteiger partial charge in [-0.05, 0) is 38.0 Å². The molecule has 106 valence electrons. The van der Waals surface area contributed by atoms with Gasteiger partial charge >= 0.3 is 0 Å². The molecule has 0 heterocycles. The Bertz CT molecular complexity index is 392. The Balaban J connectivity index is 2.72. The molecule has 0 saturated carbocycles. The molecular weight excluding hydrogens is 244 g/mol. The average molecular weight is 266 g/mol. The number of nitrogens with one attached hydrogen (secondary N) is 2. The van der Waals surface area contributed by atoms with Crippen LogP contribution in [0.1, 0.15) is 19.4 Å². The zero-order valence-corrected chi connectivity index (χ0v) is 11.6. The second kappa shape index (κ2) is 7.76. The molecule has 1 amide bonds. The lowest BCUT2D eigenvalue weighted by molar-refractivity contribution is -0.124. The van der Waals surface area contributed by atoms with Crippen LogP contribution in [0.3, 0.4) is 0 Å². The maximum absolute atomic E-state index is 12.0. The van der Waals surface area contributed by atoms with Gasteiger partial charge in [0.1, 0.15) is 12.0 Å². The molecule has 1 aromatic carbocycles. The summed E-state index contributed by atoms with van der Waals surface area (Å²) in [6, 6.07) is 6.48. The van der Waals surface area contributed by atoms with Gasteiger partial charge in [0.25, 0.3) is 0 Å². The second-order valence-corrected chi connectivity index (χ2v) is 4.36. The molecule has 0 spiro atoms. The molecule has 0 bridgehead atoms. The maximum Gasteiger partial charge on any atom is 0.237 e. The number of phenolic OH excluding ortho intramolecular Hbond substituents is 1. The molecule has 0 aliphatic heterocycles. The lowest BCUT2D eigenvalue weighted by Gasteiger charge is -2.21. The molecule has 1 rings (SSSR count). The predicted octanol–water partition coefficient (Wildman–Crippen LogP) is 1.02. The fourth-order valence-corrected chi connectivity index (χ4v) is 1.74. The Morgan fingerprint density at radius 3 is 2.53 bits per heavy atom. The highest BCUT2D eigenvalue weighted by molar-refractivity contribution is 5.82. The first-order valence-corrected chi connectivity index (χ1v) is 6.41. The number of ether oxygens (including phenoxy) is 1. The Labute approximate surface area is 114 Å². The molecule has 19 heavy (non-hydrogen) atoms. The molecule has 5 nitrogen and oxygen atoms in total. The third-order valence-electron chi connectivity index (χ3n) is 2.83. The summed E-state index contributed by atoms with van der Waals surface area (Å²) in [5.74, 6) is 0.163. The summed E-state index contributed by atoms with van der Waals surface area (Å²) in [6.07, 6.45) is 0.338. The molecule has 0 fully saturated rings. The molecule has 0 aromatic heterocycles. The van der Waals surface area contributed by atoms with Gasteiger partial charge < -0.3 is 15.2 Å². The van der Waals surface area contributed by atoms with Gasteiger partial charge in [0.05, 0.1) is 6.04 Å². The van der Waals surface area contributed by atoms with Crippen molar-refractivity contribution in [2.75, 3.05) is 13.7 Å². The van der Waals surface area contributed by atoms with Crippen LogP contribution < -0.4 is 10.6 Å². The van der Waals surface area contributed by atoms with Crippen LogP contribution in [0.25, 0.3) is 0 Å². The molecule has 2 atom stereocenters. The standard InChI is InChI=1S/C14H22N2O3/c1-4-15-14(18)13(16-10(2)19-3)9-11-5-7-12(17)8-6-11/h5-8,10,13,16-17H,4,9H2,1-3H3,(H,15,18). The van der Waals surface area contributed by atoms with Crippen LogP contribution in [0, 0.1) is 0 Å². The fourth-order valence-electron chi connectivity index (χ4n) is 1.74. The highest BCUT2D eigenvalue weighted by atomic mass is 16.5.